The Hall–Kier alpha value is 0.748. The Morgan fingerprint density at radius 3 is 1.67 bits per heavy atom. The van der Waals surface area contributed by atoms with E-state index in [-0.39, 0.29) is 0 Å². The SMILES string of the molecule is C[Si](C)O[Si](C)O[Si](C)(C)O[Si](C)(C)C. The van der Waals surface area contributed by atoms with Gasteiger partial charge in [0, 0.05) is 0 Å². The van der Waals surface area contributed by atoms with Crippen molar-refractivity contribution in [2.75, 3.05) is 0 Å². The molecule has 0 aliphatic rings. The van der Waals surface area contributed by atoms with E-state index < -0.39 is 35.2 Å². The van der Waals surface area contributed by atoms with Gasteiger partial charge in [-0.3, -0.25) is 0 Å². The molecule has 7 heteroatoms. The van der Waals surface area contributed by atoms with E-state index in [1.54, 1.807) is 0 Å². The lowest BCUT2D eigenvalue weighted by Gasteiger charge is -2.32. The van der Waals surface area contributed by atoms with E-state index in [0.717, 1.165) is 0 Å². The number of hydrogen-bond donors (Lipinski definition) is 0. The second kappa shape index (κ2) is 5.89. The van der Waals surface area contributed by atoms with Gasteiger partial charge >= 0.3 is 17.8 Å². The van der Waals surface area contributed by atoms with E-state index >= 15 is 0 Å². The third-order valence-electron chi connectivity index (χ3n) is 1.29. The second-order valence-corrected chi connectivity index (χ2v) is 17.5. The van der Waals surface area contributed by atoms with E-state index in [9.17, 15) is 0 Å². The zero-order chi connectivity index (χ0) is 12.3. The molecule has 0 fully saturated rings. The van der Waals surface area contributed by atoms with Crippen molar-refractivity contribution in [1.82, 2.24) is 0 Å². The Morgan fingerprint density at radius 1 is 0.867 bits per heavy atom. The molecule has 0 atom stereocenters. The van der Waals surface area contributed by atoms with Crippen molar-refractivity contribution in [2.45, 2.75) is 52.4 Å². The smallest absolute Gasteiger partial charge is 0.360 e. The predicted octanol–water partition coefficient (Wildman–Crippen LogP) is 2.94. The van der Waals surface area contributed by atoms with Crippen molar-refractivity contribution >= 4 is 35.2 Å². The van der Waals surface area contributed by atoms with Crippen LogP contribution in [-0.4, -0.2) is 35.2 Å². The van der Waals surface area contributed by atoms with Crippen LogP contribution in [0.3, 0.4) is 0 Å². The summed E-state index contributed by atoms with van der Waals surface area (Å²) in [5.41, 5.74) is 0. The largest absolute Gasteiger partial charge is 0.437 e. The zero-order valence-corrected chi connectivity index (χ0v) is 15.2. The standard InChI is InChI=1S/C8H24O3Si4/c1-12(2)9-13(3)10-15(7,8)11-14(4,5)6/h1-8H3. The van der Waals surface area contributed by atoms with E-state index in [0.29, 0.717) is 0 Å². The van der Waals surface area contributed by atoms with Gasteiger partial charge in [0.05, 0.1) is 0 Å². The fourth-order valence-electron chi connectivity index (χ4n) is 1.41. The minimum Gasteiger partial charge on any atom is -0.437 e. The zero-order valence-electron chi connectivity index (χ0n) is 11.2. The molecule has 0 rings (SSSR count). The lowest BCUT2D eigenvalue weighted by Crippen LogP contribution is -2.48. The van der Waals surface area contributed by atoms with Crippen LogP contribution >= 0.6 is 0 Å². The van der Waals surface area contributed by atoms with Crippen LogP contribution in [0.5, 0.6) is 0 Å². The molecule has 0 aromatic carbocycles. The third kappa shape index (κ3) is 9.66. The lowest BCUT2D eigenvalue weighted by molar-refractivity contribution is 0.356. The van der Waals surface area contributed by atoms with Crippen molar-refractivity contribution in [1.29, 1.82) is 0 Å². The molecule has 0 saturated heterocycles. The van der Waals surface area contributed by atoms with Crippen molar-refractivity contribution in [3.8, 4) is 0 Å². The van der Waals surface area contributed by atoms with Gasteiger partial charge in [-0.25, -0.2) is 0 Å². The monoisotopic (exact) mass is 280 g/mol. The Morgan fingerprint density at radius 2 is 1.33 bits per heavy atom. The summed E-state index contributed by atoms with van der Waals surface area (Å²) in [6.45, 7) is 17.1. The fraction of sp³-hybridized carbons (Fsp3) is 1.00. The maximum atomic E-state index is 6.09. The molecule has 0 unspecified atom stereocenters. The highest BCUT2D eigenvalue weighted by Gasteiger charge is 2.34. The lowest BCUT2D eigenvalue weighted by atomic mass is 11.8. The minimum atomic E-state index is -1.97. The highest BCUT2D eigenvalue weighted by Crippen LogP contribution is 2.16. The maximum Gasteiger partial charge on any atom is 0.360 e. The van der Waals surface area contributed by atoms with Gasteiger partial charge in [0.2, 0.25) is 0 Å². The summed E-state index contributed by atoms with van der Waals surface area (Å²) < 4.78 is 17.8. The van der Waals surface area contributed by atoms with Crippen molar-refractivity contribution in [3.63, 3.8) is 0 Å². The van der Waals surface area contributed by atoms with E-state index in [4.69, 9.17) is 12.3 Å². The molecule has 0 aromatic rings. The van der Waals surface area contributed by atoms with E-state index in [1.807, 2.05) is 0 Å². The highest BCUT2D eigenvalue weighted by molar-refractivity contribution is 6.84. The van der Waals surface area contributed by atoms with Crippen LogP contribution in [-0.2, 0) is 12.3 Å². The topological polar surface area (TPSA) is 27.7 Å². The summed E-state index contributed by atoms with van der Waals surface area (Å²) in [5, 5.41) is 0. The molecule has 15 heavy (non-hydrogen) atoms. The molecule has 0 N–H and O–H groups in total. The highest BCUT2D eigenvalue weighted by atomic mass is 28.5. The van der Waals surface area contributed by atoms with Gasteiger partial charge in [0.25, 0.3) is 0 Å². The minimum absolute atomic E-state index is 0.650. The molecule has 90 valence electrons. The summed E-state index contributed by atoms with van der Waals surface area (Å²) in [7, 11) is -5.23. The molecule has 0 spiro atoms. The van der Waals surface area contributed by atoms with Crippen molar-refractivity contribution in [2.24, 2.45) is 0 Å². The molecular formula is C8H24O3Si4. The first-order chi connectivity index (χ1) is 6.52. The fourth-order valence-corrected chi connectivity index (χ4v) is 13.5. The van der Waals surface area contributed by atoms with Crippen LogP contribution in [0.4, 0.5) is 0 Å². The van der Waals surface area contributed by atoms with Crippen LogP contribution in [0.15, 0.2) is 0 Å². The van der Waals surface area contributed by atoms with Gasteiger partial charge in [-0.1, -0.05) is 0 Å². The van der Waals surface area contributed by atoms with Crippen LogP contribution < -0.4 is 0 Å². The number of hydrogen-bond acceptors (Lipinski definition) is 3. The number of rotatable bonds is 6. The van der Waals surface area contributed by atoms with Crippen LogP contribution in [0.25, 0.3) is 0 Å². The average Bonchev–Trinajstić information content (AvgIpc) is 1.73. The third-order valence-corrected chi connectivity index (χ3v) is 11.6. The van der Waals surface area contributed by atoms with Gasteiger partial charge in [0.15, 0.2) is 17.4 Å². The summed E-state index contributed by atoms with van der Waals surface area (Å²) in [6.07, 6.45) is 0. The summed E-state index contributed by atoms with van der Waals surface area (Å²) in [5.74, 6) is 0. The maximum absolute atomic E-state index is 6.09. The second-order valence-electron chi connectivity index (χ2n) is 5.22. The van der Waals surface area contributed by atoms with Crippen molar-refractivity contribution < 1.29 is 12.3 Å². The first-order valence-corrected chi connectivity index (χ1v) is 15.7. The molecule has 0 aliphatic carbocycles. The average molecular weight is 281 g/mol. The van der Waals surface area contributed by atoms with Crippen LogP contribution in [0.2, 0.25) is 52.4 Å². The van der Waals surface area contributed by atoms with Gasteiger partial charge in [-0.05, 0) is 52.4 Å². The Labute approximate surface area is 100 Å². The van der Waals surface area contributed by atoms with Crippen LogP contribution in [0, 0.1) is 0 Å². The van der Waals surface area contributed by atoms with Gasteiger partial charge in [-0.2, -0.15) is 0 Å². The summed E-state index contributed by atoms with van der Waals surface area (Å²) in [4.78, 5) is 0. The van der Waals surface area contributed by atoms with E-state index in [2.05, 4.69) is 52.4 Å². The Kier molecular flexibility index (Phi) is 6.19. The van der Waals surface area contributed by atoms with E-state index in [1.165, 1.54) is 0 Å². The van der Waals surface area contributed by atoms with Gasteiger partial charge in [-0.15, -0.1) is 0 Å². The van der Waals surface area contributed by atoms with Crippen LogP contribution in [0.1, 0.15) is 0 Å². The molecule has 2 radical (unpaired) electrons. The quantitative estimate of drug-likeness (QED) is 0.700. The molecule has 3 nitrogen and oxygen atoms in total. The Bertz CT molecular complexity index is 191. The van der Waals surface area contributed by atoms with Gasteiger partial charge < -0.3 is 12.3 Å². The predicted molar refractivity (Wildman–Crippen MR) is 73.2 cm³/mol. The molecular weight excluding hydrogens is 256 g/mol. The Balaban J connectivity index is 4.13. The molecule has 0 aliphatic heterocycles. The summed E-state index contributed by atoms with van der Waals surface area (Å²) >= 11 is 0. The first-order valence-electron chi connectivity index (χ1n) is 5.22. The molecule has 0 amide bonds. The normalized spacial score (nSPS) is 14.0. The molecule has 0 aromatic heterocycles. The molecule has 0 bridgehead atoms. The first kappa shape index (κ1) is 15.7. The summed E-state index contributed by atoms with van der Waals surface area (Å²) in [6, 6.07) is 0. The molecule has 0 saturated carbocycles. The van der Waals surface area contributed by atoms with Crippen molar-refractivity contribution in [3.05, 3.63) is 0 Å². The van der Waals surface area contributed by atoms with Gasteiger partial charge in [0.1, 0.15) is 0 Å². The molecule has 0 heterocycles.